The van der Waals surface area contributed by atoms with Gasteiger partial charge in [0.25, 0.3) is 15.9 Å². The van der Waals surface area contributed by atoms with Crippen LogP contribution in [-0.2, 0) is 17.1 Å². The molecule has 0 fully saturated rings. The Hall–Kier alpha value is -3.85. The number of amides is 1. The highest BCUT2D eigenvalue weighted by molar-refractivity contribution is 7.92. The molecule has 9 heteroatoms. The lowest BCUT2D eigenvalue weighted by atomic mass is 10.2. The molecule has 4 aromatic rings. The van der Waals surface area contributed by atoms with Crippen molar-refractivity contribution in [1.82, 2.24) is 14.3 Å². The molecule has 2 aromatic heterocycles. The van der Waals surface area contributed by atoms with Crippen LogP contribution < -0.4 is 10.0 Å². The van der Waals surface area contributed by atoms with Gasteiger partial charge in [-0.1, -0.05) is 18.2 Å². The SMILES string of the molecule is Cc1cccc(NS(=O)(=O)c2cc(NC(=O)c3cnn(C)c3-n3cccc3)ccc2C)c1. The molecular weight excluding hydrogens is 426 g/mol. The number of carbonyl (C=O) groups excluding carboxylic acids is 1. The molecule has 0 aliphatic carbocycles. The molecule has 0 aliphatic heterocycles. The van der Waals surface area contributed by atoms with Crippen molar-refractivity contribution in [3.05, 3.63) is 89.9 Å². The fourth-order valence-electron chi connectivity index (χ4n) is 3.46. The van der Waals surface area contributed by atoms with Gasteiger partial charge in [-0.05, 0) is 61.4 Å². The van der Waals surface area contributed by atoms with Gasteiger partial charge in [0, 0.05) is 30.8 Å². The Morgan fingerprint density at radius 3 is 2.44 bits per heavy atom. The third-order valence-electron chi connectivity index (χ3n) is 5.01. The Balaban J connectivity index is 1.62. The second-order valence-corrected chi connectivity index (χ2v) is 9.16. The zero-order valence-corrected chi connectivity index (χ0v) is 18.7. The second-order valence-electron chi connectivity index (χ2n) is 7.51. The minimum absolute atomic E-state index is 0.0913. The summed E-state index contributed by atoms with van der Waals surface area (Å²) < 4.78 is 32.0. The lowest BCUT2D eigenvalue weighted by Gasteiger charge is -2.13. The van der Waals surface area contributed by atoms with Gasteiger partial charge in [0.1, 0.15) is 11.4 Å². The Labute approximate surface area is 186 Å². The van der Waals surface area contributed by atoms with Crippen LogP contribution in [-0.4, -0.2) is 28.7 Å². The average Bonchev–Trinajstić information content (AvgIpc) is 3.38. The molecule has 0 saturated heterocycles. The van der Waals surface area contributed by atoms with E-state index in [0.29, 0.717) is 28.3 Å². The Kier molecular flexibility index (Phi) is 5.58. The number of nitrogens with zero attached hydrogens (tertiary/aromatic N) is 3. The predicted molar refractivity (Wildman–Crippen MR) is 124 cm³/mol. The fourth-order valence-corrected chi connectivity index (χ4v) is 4.78. The lowest BCUT2D eigenvalue weighted by molar-refractivity contribution is 0.102. The fraction of sp³-hybridized carbons (Fsp3) is 0.130. The number of nitrogens with one attached hydrogen (secondary N) is 2. The largest absolute Gasteiger partial charge is 0.322 e. The number of aryl methyl sites for hydroxylation is 3. The quantitative estimate of drug-likeness (QED) is 0.467. The van der Waals surface area contributed by atoms with Gasteiger partial charge in [-0.15, -0.1) is 0 Å². The molecule has 0 atom stereocenters. The standard InChI is InChI=1S/C23H23N5O3S/c1-16-7-6-8-19(13-16)26-32(30,31)21-14-18(10-9-17(21)2)25-22(29)20-15-24-27(3)23(20)28-11-4-5-12-28/h4-15,26H,1-3H3,(H,25,29). The van der Waals surface area contributed by atoms with Crippen LogP contribution in [0.3, 0.4) is 0 Å². The molecule has 8 nitrogen and oxygen atoms in total. The van der Waals surface area contributed by atoms with Crippen LogP contribution in [0.2, 0.25) is 0 Å². The zero-order valence-electron chi connectivity index (χ0n) is 17.9. The number of rotatable bonds is 6. The third-order valence-corrected chi connectivity index (χ3v) is 6.53. The lowest BCUT2D eigenvalue weighted by Crippen LogP contribution is -2.17. The maximum Gasteiger partial charge on any atom is 0.262 e. The van der Waals surface area contributed by atoms with E-state index in [-0.39, 0.29) is 10.8 Å². The highest BCUT2D eigenvalue weighted by Gasteiger charge is 2.21. The topological polar surface area (TPSA) is 98.0 Å². The van der Waals surface area contributed by atoms with Crippen LogP contribution >= 0.6 is 0 Å². The summed E-state index contributed by atoms with van der Waals surface area (Å²) >= 11 is 0. The molecule has 2 N–H and O–H groups in total. The smallest absolute Gasteiger partial charge is 0.262 e. The van der Waals surface area contributed by atoms with Crippen LogP contribution in [0.4, 0.5) is 11.4 Å². The highest BCUT2D eigenvalue weighted by atomic mass is 32.2. The number of hydrogen-bond acceptors (Lipinski definition) is 4. The minimum atomic E-state index is -3.85. The first-order chi connectivity index (χ1) is 15.2. The molecule has 1 amide bonds. The maximum atomic E-state index is 13.0. The highest BCUT2D eigenvalue weighted by Crippen LogP contribution is 2.24. The van der Waals surface area contributed by atoms with E-state index in [1.807, 2.05) is 37.5 Å². The summed E-state index contributed by atoms with van der Waals surface area (Å²) in [5, 5.41) is 6.98. The monoisotopic (exact) mass is 449 g/mol. The van der Waals surface area contributed by atoms with E-state index >= 15 is 0 Å². The van der Waals surface area contributed by atoms with Crippen molar-refractivity contribution in [3.8, 4) is 5.82 Å². The summed E-state index contributed by atoms with van der Waals surface area (Å²) in [5.41, 5.74) is 2.72. The minimum Gasteiger partial charge on any atom is -0.322 e. The maximum absolute atomic E-state index is 13.0. The number of anilines is 2. The summed E-state index contributed by atoms with van der Waals surface area (Å²) in [4.78, 5) is 13.1. The van der Waals surface area contributed by atoms with Crippen molar-refractivity contribution in [2.75, 3.05) is 10.0 Å². The number of aromatic nitrogens is 3. The molecule has 164 valence electrons. The summed E-state index contributed by atoms with van der Waals surface area (Å²) in [6.45, 7) is 3.60. The van der Waals surface area contributed by atoms with Gasteiger partial charge in [-0.25, -0.2) is 8.42 Å². The first kappa shape index (κ1) is 21.4. The van der Waals surface area contributed by atoms with Crippen molar-refractivity contribution < 1.29 is 13.2 Å². The van der Waals surface area contributed by atoms with Crippen LogP contribution in [0, 0.1) is 13.8 Å². The summed E-state index contributed by atoms with van der Waals surface area (Å²) in [6.07, 6.45) is 5.12. The van der Waals surface area contributed by atoms with Crippen LogP contribution in [0.15, 0.2) is 78.1 Å². The van der Waals surface area contributed by atoms with Crippen molar-refractivity contribution in [1.29, 1.82) is 0 Å². The summed E-state index contributed by atoms with van der Waals surface area (Å²) in [6, 6.07) is 15.6. The molecule has 32 heavy (non-hydrogen) atoms. The molecule has 2 aromatic carbocycles. The molecule has 0 bridgehead atoms. The molecule has 0 radical (unpaired) electrons. The first-order valence-electron chi connectivity index (χ1n) is 9.91. The van der Waals surface area contributed by atoms with Crippen molar-refractivity contribution >= 4 is 27.3 Å². The summed E-state index contributed by atoms with van der Waals surface area (Å²) in [7, 11) is -2.10. The first-order valence-corrected chi connectivity index (χ1v) is 11.4. The molecule has 4 rings (SSSR count). The van der Waals surface area contributed by atoms with Crippen LogP contribution in [0.5, 0.6) is 0 Å². The predicted octanol–water partition coefficient (Wildman–Crippen LogP) is 3.88. The van der Waals surface area contributed by atoms with Gasteiger partial charge in [0.05, 0.1) is 11.1 Å². The molecule has 0 spiro atoms. The molecular formula is C23H23N5O3S. The van der Waals surface area contributed by atoms with Gasteiger partial charge < -0.3 is 9.88 Å². The van der Waals surface area contributed by atoms with Gasteiger partial charge in [0.2, 0.25) is 0 Å². The van der Waals surface area contributed by atoms with Crippen molar-refractivity contribution in [3.63, 3.8) is 0 Å². The van der Waals surface area contributed by atoms with Crippen LogP contribution in [0.25, 0.3) is 5.82 Å². The Morgan fingerprint density at radius 2 is 1.72 bits per heavy atom. The van der Waals surface area contributed by atoms with E-state index < -0.39 is 10.0 Å². The molecule has 2 heterocycles. The Bertz CT molecular complexity index is 1390. The molecule has 0 aliphatic rings. The number of carbonyl (C=O) groups is 1. The van der Waals surface area contributed by atoms with Crippen LogP contribution in [0.1, 0.15) is 21.5 Å². The van der Waals surface area contributed by atoms with E-state index in [1.54, 1.807) is 53.6 Å². The second kappa shape index (κ2) is 8.35. The van der Waals surface area contributed by atoms with E-state index in [2.05, 4.69) is 15.1 Å². The third kappa shape index (κ3) is 4.28. The number of sulfonamides is 1. The van der Waals surface area contributed by atoms with E-state index in [9.17, 15) is 13.2 Å². The van der Waals surface area contributed by atoms with Gasteiger partial charge in [-0.2, -0.15) is 5.10 Å². The van der Waals surface area contributed by atoms with Crippen molar-refractivity contribution in [2.45, 2.75) is 18.7 Å². The average molecular weight is 450 g/mol. The zero-order chi connectivity index (χ0) is 22.9. The van der Waals surface area contributed by atoms with Gasteiger partial charge in [-0.3, -0.25) is 14.2 Å². The van der Waals surface area contributed by atoms with Crippen molar-refractivity contribution in [2.24, 2.45) is 7.05 Å². The molecule has 0 saturated carbocycles. The Morgan fingerprint density at radius 1 is 0.969 bits per heavy atom. The van der Waals surface area contributed by atoms with E-state index in [4.69, 9.17) is 0 Å². The normalized spacial score (nSPS) is 11.3. The summed E-state index contributed by atoms with van der Waals surface area (Å²) in [5.74, 6) is 0.217. The molecule has 0 unspecified atom stereocenters. The van der Waals surface area contributed by atoms with E-state index in [0.717, 1.165) is 5.56 Å². The van der Waals surface area contributed by atoms with Gasteiger partial charge in [0.15, 0.2) is 0 Å². The number of benzene rings is 2. The number of hydrogen-bond donors (Lipinski definition) is 2. The van der Waals surface area contributed by atoms with E-state index in [1.165, 1.54) is 12.3 Å². The van der Waals surface area contributed by atoms with Gasteiger partial charge >= 0.3 is 0 Å².